The van der Waals surface area contributed by atoms with E-state index in [1.165, 1.54) is 11.0 Å². The summed E-state index contributed by atoms with van der Waals surface area (Å²) < 4.78 is 6.99. The maximum absolute atomic E-state index is 12.7. The van der Waals surface area contributed by atoms with Crippen molar-refractivity contribution in [1.82, 2.24) is 25.1 Å². The maximum atomic E-state index is 12.7. The third kappa shape index (κ3) is 3.80. The van der Waals surface area contributed by atoms with Crippen molar-refractivity contribution < 1.29 is 9.53 Å². The predicted molar refractivity (Wildman–Crippen MR) is 105 cm³/mol. The molecule has 1 aliphatic rings. The van der Waals surface area contributed by atoms with Gasteiger partial charge in [-0.05, 0) is 37.1 Å². The molecule has 0 spiro atoms. The summed E-state index contributed by atoms with van der Waals surface area (Å²) in [6, 6.07) is 11.6. The molecular weight excluding hydrogens is 356 g/mol. The summed E-state index contributed by atoms with van der Waals surface area (Å²) in [4.78, 5) is 23.1. The van der Waals surface area contributed by atoms with Crippen LogP contribution >= 0.6 is 0 Å². The molecule has 0 unspecified atom stereocenters. The van der Waals surface area contributed by atoms with Crippen molar-refractivity contribution in [2.45, 2.75) is 18.9 Å². The number of rotatable bonds is 5. The Morgan fingerprint density at radius 2 is 2.04 bits per heavy atom. The summed E-state index contributed by atoms with van der Waals surface area (Å²) in [6.07, 6.45) is 6.35. The lowest BCUT2D eigenvalue weighted by atomic mass is 10.0. The van der Waals surface area contributed by atoms with Gasteiger partial charge in [0.1, 0.15) is 18.4 Å². The standard InChI is InChI=1S/C20H22N6O2/c1-28-18-5-3-2-4-17(18)25-10-7-16(8-11-25)24-20(27)15-6-9-22-19(12-15)26-14-21-13-23-26/h2-6,9,12-14,16H,7-8,10-11H2,1H3,(H,24,27). The highest BCUT2D eigenvalue weighted by Gasteiger charge is 2.23. The van der Waals surface area contributed by atoms with Crippen LogP contribution < -0.4 is 15.0 Å². The second-order valence-corrected chi connectivity index (χ2v) is 6.65. The fraction of sp³-hybridized carbons (Fsp3) is 0.300. The van der Waals surface area contributed by atoms with Crippen LogP contribution in [0.3, 0.4) is 0 Å². The molecule has 0 atom stereocenters. The molecule has 144 valence electrons. The van der Waals surface area contributed by atoms with Crippen molar-refractivity contribution in [3.63, 3.8) is 0 Å². The Morgan fingerprint density at radius 1 is 1.21 bits per heavy atom. The van der Waals surface area contributed by atoms with Crippen molar-refractivity contribution in [2.75, 3.05) is 25.1 Å². The number of nitrogens with zero attached hydrogens (tertiary/aromatic N) is 5. The van der Waals surface area contributed by atoms with Crippen molar-refractivity contribution in [3.8, 4) is 11.6 Å². The molecule has 0 aliphatic carbocycles. The number of methoxy groups -OCH3 is 1. The van der Waals surface area contributed by atoms with E-state index in [4.69, 9.17) is 4.74 Å². The third-order valence-electron chi connectivity index (χ3n) is 4.92. The summed E-state index contributed by atoms with van der Waals surface area (Å²) in [5, 5.41) is 7.19. The van der Waals surface area contributed by atoms with E-state index < -0.39 is 0 Å². The molecule has 1 N–H and O–H groups in total. The zero-order valence-electron chi connectivity index (χ0n) is 15.7. The van der Waals surface area contributed by atoms with Crippen LogP contribution in [0.1, 0.15) is 23.2 Å². The molecule has 1 saturated heterocycles. The van der Waals surface area contributed by atoms with Crippen LogP contribution in [0.25, 0.3) is 5.82 Å². The van der Waals surface area contributed by atoms with Gasteiger partial charge in [-0.25, -0.2) is 14.6 Å². The summed E-state index contributed by atoms with van der Waals surface area (Å²) >= 11 is 0. The molecule has 0 bridgehead atoms. The van der Waals surface area contributed by atoms with Gasteiger partial charge in [-0.1, -0.05) is 12.1 Å². The molecule has 0 radical (unpaired) electrons. The molecule has 8 heteroatoms. The SMILES string of the molecule is COc1ccccc1N1CCC(NC(=O)c2ccnc(-n3cncn3)c2)CC1. The van der Waals surface area contributed by atoms with E-state index in [0.29, 0.717) is 11.4 Å². The van der Waals surface area contributed by atoms with Gasteiger partial charge in [0, 0.05) is 30.9 Å². The molecule has 3 aromatic rings. The summed E-state index contributed by atoms with van der Waals surface area (Å²) in [5.41, 5.74) is 1.66. The Hall–Kier alpha value is -3.42. The smallest absolute Gasteiger partial charge is 0.251 e. The zero-order chi connectivity index (χ0) is 19.3. The van der Waals surface area contributed by atoms with Gasteiger partial charge in [0.15, 0.2) is 5.82 Å². The van der Waals surface area contributed by atoms with Gasteiger partial charge in [-0.3, -0.25) is 4.79 Å². The van der Waals surface area contributed by atoms with E-state index in [0.717, 1.165) is 37.4 Å². The Kier molecular flexibility index (Phi) is 5.18. The highest BCUT2D eigenvalue weighted by Crippen LogP contribution is 2.29. The molecular formula is C20H22N6O2. The van der Waals surface area contributed by atoms with E-state index in [2.05, 4.69) is 31.3 Å². The number of carbonyl (C=O) groups excluding carboxylic acids is 1. The van der Waals surface area contributed by atoms with E-state index >= 15 is 0 Å². The highest BCUT2D eigenvalue weighted by molar-refractivity contribution is 5.94. The Morgan fingerprint density at radius 3 is 2.79 bits per heavy atom. The fourth-order valence-corrected chi connectivity index (χ4v) is 3.44. The Balaban J connectivity index is 1.37. The van der Waals surface area contributed by atoms with Crippen LogP contribution in [-0.4, -0.2) is 51.9 Å². The van der Waals surface area contributed by atoms with Crippen molar-refractivity contribution in [2.24, 2.45) is 0 Å². The van der Waals surface area contributed by atoms with Crippen LogP contribution in [0.5, 0.6) is 5.75 Å². The molecule has 1 aromatic carbocycles. The number of piperidine rings is 1. The second-order valence-electron chi connectivity index (χ2n) is 6.65. The first-order valence-electron chi connectivity index (χ1n) is 9.24. The molecule has 1 fully saturated rings. The lowest BCUT2D eigenvalue weighted by Crippen LogP contribution is -2.44. The lowest BCUT2D eigenvalue weighted by Gasteiger charge is -2.34. The number of amides is 1. The quantitative estimate of drug-likeness (QED) is 0.732. The zero-order valence-corrected chi connectivity index (χ0v) is 15.7. The van der Waals surface area contributed by atoms with E-state index in [-0.39, 0.29) is 11.9 Å². The van der Waals surface area contributed by atoms with Gasteiger partial charge in [0.05, 0.1) is 12.8 Å². The van der Waals surface area contributed by atoms with Gasteiger partial charge < -0.3 is 15.0 Å². The Labute approximate surface area is 163 Å². The van der Waals surface area contributed by atoms with E-state index in [1.807, 2.05) is 18.2 Å². The molecule has 8 nitrogen and oxygen atoms in total. The van der Waals surface area contributed by atoms with Gasteiger partial charge in [-0.2, -0.15) is 5.10 Å². The molecule has 2 aromatic heterocycles. The largest absolute Gasteiger partial charge is 0.495 e. The minimum absolute atomic E-state index is 0.0977. The number of benzene rings is 1. The maximum Gasteiger partial charge on any atom is 0.251 e. The summed E-state index contributed by atoms with van der Waals surface area (Å²) in [5.74, 6) is 1.35. The average Bonchev–Trinajstić information content (AvgIpc) is 3.29. The fourth-order valence-electron chi connectivity index (χ4n) is 3.44. The monoisotopic (exact) mass is 378 g/mol. The first-order valence-corrected chi connectivity index (χ1v) is 9.24. The highest BCUT2D eigenvalue weighted by atomic mass is 16.5. The molecule has 0 saturated carbocycles. The summed E-state index contributed by atoms with van der Waals surface area (Å²) in [6.45, 7) is 1.73. The van der Waals surface area contributed by atoms with Gasteiger partial charge in [0.2, 0.25) is 0 Å². The number of ether oxygens (including phenoxy) is 1. The van der Waals surface area contributed by atoms with Crippen molar-refractivity contribution in [1.29, 1.82) is 0 Å². The third-order valence-corrected chi connectivity index (χ3v) is 4.92. The van der Waals surface area contributed by atoms with Crippen molar-refractivity contribution in [3.05, 3.63) is 60.8 Å². The van der Waals surface area contributed by atoms with Gasteiger partial charge in [-0.15, -0.1) is 0 Å². The first-order chi connectivity index (χ1) is 13.7. The van der Waals surface area contributed by atoms with Crippen LogP contribution in [0.4, 0.5) is 5.69 Å². The van der Waals surface area contributed by atoms with Crippen LogP contribution in [-0.2, 0) is 0 Å². The van der Waals surface area contributed by atoms with Crippen molar-refractivity contribution >= 4 is 11.6 Å². The number of carbonyl (C=O) groups is 1. The predicted octanol–water partition coefficient (Wildman–Crippen LogP) is 2.07. The van der Waals surface area contributed by atoms with Crippen LogP contribution in [0.2, 0.25) is 0 Å². The van der Waals surface area contributed by atoms with E-state index in [9.17, 15) is 4.79 Å². The normalized spacial score (nSPS) is 14.7. The van der Waals surface area contributed by atoms with Gasteiger partial charge in [0.25, 0.3) is 5.91 Å². The minimum atomic E-state index is -0.0977. The number of nitrogens with one attached hydrogen (secondary N) is 1. The van der Waals surface area contributed by atoms with Crippen LogP contribution in [0.15, 0.2) is 55.2 Å². The second kappa shape index (κ2) is 8.08. The average molecular weight is 378 g/mol. The van der Waals surface area contributed by atoms with E-state index in [1.54, 1.807) is 31.8 Å². The first kappa shape index (κ1) is 18.0. The number of hydrogen-bond donors (Lipinski definition) is 1. The Bertz CT molecular complexity index is 935. The molecule has 4 rings (SSSR count). The lowest BCUT2D eigenvalue weighted by molar-refractivity contribution is 0.0931. The number of hydrogen-bond acceptors (Lipinski definition) is 6. The number of para-hydroxylation sites is 2. The molecule has 3 heterocycles. The summed E-state index contributed by atoms with van der Waals surface area (Å²) in [7, 11) is 1.69. The molecule has 1 aliphatic heterocycles. The topological polar surface area (TPSA) is 85.2 Å². The minimum Gasteiger partial charge on any atom is -0.495 e. The van der Waals surface area contributed by atoms with Crippen LogP contribution in [0, 0.1) is 0 Å². The number of pyridine rings is 1. The number of aromatic nitrogens is 4. The number of anilines is 1. The van der Waals surface area contributed by atoms with Gasteiger partial charge >= 0.3 is 0 Å². The molecule has 1 amide bonds. The molecule has 28 heavy (non-hydrogen) atoms.